The van der Waals surface area contributed by atoms with Crippen LogP contribution in [0, 0.1) is 0 Å². The summed E-state index contributed by atoms with van der Waals surface area (Å²) in [5.41, 5.74) is 1.99. The molecule has 0 saturated heterocycles. The van der Waals surface area contributed by atoms with Crippen LogP contribution in [0.25, 0.3) is 0 Å². The second-order valence-electron chi connectivity index (χ2n) is 2.92. The fraction of sp³-hybridized carbons (Fsp3) is 0.364. The van der Waals surface area contributed by atoms with Crippen molar-refractivity contribution in [3.8, 4) is 5.75 Å². The molecule has 0 heterocycles. The molecule has 0 unspecified atom stereocenters. The fourth-order valence-corrected chi connectivity index (χ4v) is 1.14. The van der Waals surface area contributed by atoms with Crippen LogP contribution in [-0.2, 0) is 0 Å². The Balaban J connectivity index is 2.76. The van der Waals surface area contributed by atoms with Gasteiger partial charge in [-0.2, -0.15) is 0 Å². The second-order valence-corrected chi connectivity index (χ2v) is 2.92. The van der Waals surface area contributed by atoms with Gasteiger partial charge in [-0.25, -0.2) is 0 Å². The number of aliphatic hydroxyl groups is 1. The monoisotopic (exact) mass is 193 g/mol. The predicted octanol–water partition coefficient (Wildman–Crippen LogP) is 1.50. The van der Waals surface area contributed by atoms with Gasteiger partial charge in [0.2, 0.25) is 0 Å². The van der Waals surface area contributed by atoms with Gasteiger partial charge in [0.15, 0.2) is 0 Å². The van der Waals surface area contributed by atoms with E-state index < -0.39 is 0 Å². The number of hydrogen-bond acceptors (Lipinski definition) is 3. The molecule has 76 valence electrons. The minimum absolute atomic E-state index is 0.0908. The third-order valence-corrected chi connectivity index (χ3v) is 1.96. The Labute approximate surface area is 84.1 Å². The molecule has 0 aromatic heterocycles. The number of aliphatic hydroxyl groups excluding tert-OH is 1. The molecule has 3 nitrogen and oxygen atoms in total. The Bertz CT molecular complexity index is 304. The van der Waals surface area contributed by atoms with Crippen LogP contribution < -0.4 is 4.74 Å². The van der Waals surface area contributed by atoms with Gasteiger partial charge in [0, 0.05) is 5.71 Å². The first kappa shape index (κ1) is 10.7. The first-order valence-corrected chi connectivity index (χ1v) is 4.54. The van der Waals surface area contributed by atoms with Gasteiger partial charge < -0.3 is 9.84 Å². The minimum atomic E-state index is 0.0908. The third kappa shape index (κ3) is 2.85. The lowest BCUT2D eigenvalue weighted by Crippen LogP contribution is -1.98. The Morgan fingerprint density at radius 2 is 2.00 bits per heavy atom. The summed E-state index contributed by atoms with van der Waals surface area (Å²) in [5.74, 6) is 0.837. The summed E-state index contributed by atoms with van der Waals surface area (Å²) < 4.78 is 5.05. The maximum Gasteiger partial charge on any atom is 0.118 e. The minimum Gasteiger partial charge on any atom is -0.497 e. The van der Waals surface area contributed by atoms with Gasteiger partial charge in [-0.15, -0.1) is 0 Å². The van der Waals surface area contributed by atoms with E-state index in [0.717, 1.165) is 17.0 Å². The van der Waals surface area contributed by atoms with Gasteiger partial charge in [-0.05, 0) is 36.8 Å². The number of hydrogen-bond donors (Lipinski definition) is 1. The van der Waals surface area contributed by atoms with Crippen molar-refractivity contribution in [2.24, 2.45) is 4.99 Å². The van der Waals surface area contributed by atoms with E-state index in [9.17, 15) is 0 Å². The van der Waals surface area contributed by atoms with Gasteiger partial charge in [-0.3, -0.25) is 4.99 Å². The lowest BCUT2D eigenvalue weighted by Gasteiger charge is -2.02. The highest BCUT2D eigenvalue weighted by Crippen LogP contribution is 2.11. The molecule has 0 fully saturated rings. The number of aliphatic imine (C=N–C) groups is 1. The zero-order valence-electron chi connectivity index (χ0n) is 8.53. The molecule has 0 saturated carbocycles. The van der Waals surface area contributed by atoms with Crippen molar-refractivity contribution in [3.05, 3.63) is 29.8 Å². The lowest BCUT2D eigenvalue weighted by molar-refractivity contribution is 0.307. The van der Waals surface area contributed by atoms with Crippen LogP contribution in [0.3, 0.4) is 0 Å². The molecule has 0 radical (unpaired) electrons. The summed E-state index contributed by atoms with van der Waals surface area (Å²) in [6, 6.07) is 7.70. The maximum atomic E-state index is 8.62. The normalized spacial score (nSPS) is 11.5. The molecule has 0 atom stereocenters. The summed E-state index contributed by atoms with van der Waals surface area (Å²) in [4.78, 5) is 4.19. The van der Waals surface area contributed by atoms with Gasteiger partial charge in [-0.1, -0.05) is 0 Å². The highest BCUT2D eigenvalue weighted by molar-refractivity contribution is 5.98. The molecule has 0 aliphatic rings. The highest BCUT2D eigenvalue weighted by atomic mass is 16.5. The van der Waals surface area contributed by atoms with Gasteiger partial charge >= 0.3 is 0 Å². The Morgan fingerprint density at radius 3 is 2.50 bits per heavy atom. The van der Waals surface area contributed by atoms with E-state index >= 15 is 0 Å². The predicted molar refractivity (Wildman–Crippen MR) is 57.2 cm³/mol. The summed E-state index contributed by atoms with van der Waals surface area (Å²) >= 11 is 0. The molecule has 1 N–H and O–H groups in total. The van der Waals surface area contributed by atoms with E-state index in [1.807, 2.05) is 31.2 Å². The average Bonchev–Trinajstić information content (AvgIpc) is 2.26. The molecule has 1 aromatic carbocycles. The van der Waals surface area contributed by atoms with Crippen molar-refractivity contribution in [2.75, 3.05) is 20.3 Å². The first-order valence-electron chi connectivity index (χ1n) is 4.54. The number of methoxy groups -OCH3 is 1. The van der Waals surface area contributed by atoms with E-state index in [-0.39, 0.29) is 6.61 Å². The van der Waals surface area contributed by atoms with E-state index in [0.29, 0.717) is 6.54 Å². The van der Waals surface area contributed by atoms with Crippen molar-refractivity contribution in [2.45, 2.75) is 6.92 Å². The zero-order chi connectivity index (χ0) is 10.4. The number of ether oxygens (including phenoxy) is 1. The molecule has 3 heteroatoms. The van der Waals surface area contributed by atoms with Crippen LogP contribution in [0.5, 0.6) is 5.75 Å². The van der Waals surface area contributed by atoms with Crippen LogP contribution >= 0.6 is 0 Å². The number of benzene rings is 1. The SMILES string of the molecule is COc1ccc(C(C)=NCCO)cc1. The fourth-order valence-electron chi connectivity index (χ4n) is 1.14. The molecule has 0 amide bonds. The summed E-state index contributed by atoms with van der Waals surface area (Å²) in [6.45, 7) is 2.48. The number of rotatable bonds is 4. The molecule has 0 spiro atoms. The van der Waals surface area contributed by atoms with Crippen LogP contribution in [0.1, 0.15) is 12.5 Å². The van der Waals surface area contributed by atoms with Crippen LogP contribution in [0.15, 0.2) is 29.3 Å². The van der Waals surface area contributed by atoms with Crippen LogP contribution in [0.2, 0.25) is 0 Å². The van der Waals surface area contributed by atoms with Crippen molar-refractivity contribution in [1.82, 2.24) is 0 Å². The molecule has 0 bridgehead atoms. The van der Waals surface area contributed by atoms with Crippen molar-refractivity contribution in [1.29, 1.82) is 0 Å². The zero-order valence-corrected chi connectivity index (χ0v) is 8.53. The summed E-state index contributed by atoms with van der Waals surface area (Å²) in [7, 11) is 1.64. The highest BCUT2D eigenvalue weighted by Gasteiger charge is 1.96. The summed E-state index contributed by atoms with van der Waals surface area (Å²) in [5, 5.41) is 8.62. The molecule has 0 aliphatic carbocycles. The van der Waals surface area contributed by atoms with Gasteiger partial charge in [0.1, 0.15) is 5.75 Å². The molecule has 14 heavy (non-hydrogen) atoms. The summed E-state index contributed by atoms with van der Waals surface area (Å²) in [6.07, 6.45) is 0. The van der Waals surface area contributed by atoms with Crippen molar-refractivity contribution >= 4 is 5.71 Å². The second kappa shape index (κ2) is 5.40. The van der Waals surface area contributed by atoms with Gasteiger partial charge in [0.25, 0.3) is 0 Å². The molecule has 0 aliphatic heterocycles. The van der Waals surface area contributed by atoms with Crippen molar-refractivity contribution in [3.63, 3.8) is 0 Å². The van der Waals surface area contributed by atoms with Crippen LogP contribution in [-0.4, -0.2) is 31.1 Å². The van der Waals surface area contributed by atoms with E-state index in [2.05, 4.69) is 4.99 Å². The van der Waals surface area contributed by atoms with E-state index in [4.69, 9.17) is 9.84 Å². The smallest absolute Gasteiger partial charge is 0.118 e. The topological polar surface area (TPSA) is 41.8 Å². The van der Waals surface area contributed by atoms with Crippen LogP contribution in [0.4, 0.5) is 0 Å². The van der Waals surface area contributed by atoms with E-state index in [1.165, 1.54) is 0 Å². The van der Waals surface area contributed by atoms with E-state index in [1.54, 1.807) is 7.11 Å². The Kier molecular flexibility index (Phi) is 4.13. The first-order chi connectivity index (χ1) is 6.77. The Morgan fingerprint density at radius 1 is 1.36 bits per heavy atom. The molecule has 1 rings (SSSR count). The average molecular weight is 193 g/mol. The molecule has 1 aromatic rings. The largest absolute Gasteiger partial charge is 0.497 e. The third-order valence-electron chi connectivity index (χ3n) is 1.96. The standard InChI is InChI=1S/C11H15NO2/c1-9(12-7-8-13)10-3-5-11(14-2)6-4-10/h3-6,13H,7-8H2,1-2H3. The van der Waals surface area contributed by atoms with Gasteiger partial charge in [0.05, 0.1) is 20.3 Å². The lowest BCUT2D eigenvalue weighted by atomic mass is 10.1. The maximum absolute atomic E-state index is 8.62. The molecular formula is C11H15NO2. The van der Waals surface area contributed by atoms with Crippen molar-refractivity contribution < 1.29 is 9.84 Å². The quantitative estimate of drug-likeness (QED) is 0.736. The molecular weight excluding hydrogens is 178 g/mol. The number of nitrogens with zero attached hydrogens (tertiary/aromatic N) is 1. The Hall–Kier alpha value is -1.35.